The average molecular weight is 328 g/mol. The van der Waals surface area contributed by atoms with E-state index in [0.717, 1.165) is 17.3 Å². The lowest BCUT2D eigenvalue weighted by Gasteiger charge is -2.11. The SMILES string of the molecule is CCC[C@H](C)C(=O)OCC(=O)Nc1ccccc1Br. The van der Waals surface area contributed by atoms with Crippen LogP contribution in [0.5, 0.6) is 0 Å². The fourth-order valence-corrected chi connectivity index (χ4v) is 1.96. The van der Waals surface area contributed by atoms with Crippen molar-refractivity contribution in [3.8, 4) is 0 Å². The van der Waals surface area contributed by atoms with Crippen LogP contribution in [0.3, 0.4) is 0 Å². The van der Waals surface area contributed by atoms with Crippen LogP contribution in [0.15, 0.2) is 28.7 Å². The maximum absolute atomic E-state index is 11.6. The quantitative estimate of drug-likeness (QED) is 0.815. The van der Waals surface area contributed by atoms with E-state index in [0.29, 0.717) is 5.69 Å². The van der Waals surface area contributed by atoms with Gasteiger partial charge in [0.15, 0.2) is 6.61 Å². The second kappa shape index (κ2) is 7.94. The van der Waals surface area contributed by atoms with Crippen molar-refractivity contribution in [2.75, 3.05) is 11.9 Å². The van der Waals surface area contributed by atoms with Crippen LogP contribution in [0.25, 0.3) is 0 Å². The third-order valence-corrected chi connectivity index (χ3v) is 3.31. The lowest BCUT2D eigenvalue weighted by Crippen LogP contribution is -2.23. The van der Waals surface area contributed by atoms with Gasteiger partial charge in [-0.05, 0) is 34.5 Å². The van der Waals surface area contributed by atoms with Crippen LogP contribution in [0, 0.1) is 5.92 Å². The summed E-state index contributed by atoms with van der Waals surface area (Å²) >= 11 is 3.33. The van der Waals surface area contributed by atoms with E-state index in [1.165, 1.54) is 0 Å². The number of para-hydroxylation sites is 1. The maximum atomic E-state index is 11.6. The highest BCUT2D eigenvalue weighted by atomic mass is 79.9. The molecule has 1 N–H and O–H groups in total. The highest BCUT2D eigenvalue weighted by Gasteiger charge is 2.15. The molecule has 1 atom stereocenters. The molecule has 1 amide bonds. The number of carbonyl (C=O) groups excluding carboxylic acids is 2. The van der Waals surface area contributed by atoms with Crippen molar-refractivity contribution < 1.29 is 14.3 Å². The summed E-state index contributed by atoms with van der Waals surface area (Å²) < 4.78 is 5.75. The molecule has 0 unspecified atom stereocenters. The summed E-state index contributed by atoms with van der Waals surface area (Å²) in [6.07, 6.45) is 1.68. The zero-order valence-corrected chi connectivity index (χ0v) is 12.7. The molecule has 0 aliphatic carbocycles. The van der Waals surface area contributed by atoms with Crippen LogP contribution in [0.4, 0.5) is 5.69 Å². The number of anilines is 1. The molecule has 19 heavy (non-hydrogen) atoms. The second-order valence-corrected chi connectivity index (χ2v) is 5.18. The van der Waals surface area contributed by atoms with Crippen LogP contribution in [-0.2, 0) is 14.3 Å². The number of hydrogen-bond acceptors (Lipinski definition) is 3. The first kappa shape index (κ1) is 15.7. The van der Waals surface area contributed by atoms with Gasteiger partial charge in [0.05, 0.1) is 11.6 Å². The smallest absolute Gasteiger partial charge is 0.309 e. The summed E-state index contributed by atoms with van der Waals surface area (Å²) in [5.74, 6) is -0.839. The minimum absolute atomic E-state index is 0.165. The molecule has 104 valence electrons. The first-order valence-electron chi connectivity index (χ1n) is 6.25. The number of esters is 1. The van der Waals surface area contributed by atoms with E-state index >= 15 is 0 Å². The van der Waals surface area contributed by atoms with Gasteiger partial charge in [-0.25, -0.2) is 0 Å². The van der Waals surface area contributed by atoms with Crippen LogP contribution in [0.2, 0.25) is 0 Å². The number of halogens is 1. The van der Waals surface area contributed by atoms with Crippen molar-refractivity contribution in [3.63, 3.8) is 0 Å². The molecule has 1 rings (SSSR count). The largest absolute Gasteiger partial charge is 0.455 e. The summed E-state index contributed by atoms with van der Waals surface area (Å²) in [6, 6.07) is 7.26. The van der Waals surface area contributed by atoms with Gasteiger partial charge in [-0.3, -0.25) is 9.59 Å². The molecule has 1 aromatic rings. The number of rotatable bonds is 6. The van der Waals surface area contributed by atoms with E-state index in [1.54, 1.807) is 13.0 Å². The third kappa shape index (κ3) is 5.42. The molecular weight excluding hydrogens is 310 g/mol. The number of carbonyl (C=O) groups is 2. The highest BCUT2D eigenvalue weighted by molar-refractivity contribution is 9.10. The molecule has 0 saturated carbocycles. The predicted octanol–water partition coefficient (Wildman–Crippen LogP) is 3.37. The molecule has 0 spiro atoms. The van der Waals surface area contributed by atoms with Gasteiger partial charge in [-0.15, -0.1) is 0 Å². The van der Waals surface area contributed by atoms with Crippen molar-refractivity contribution in [1.82, 2.24) is 0 Å². The minimum Gasteiger partial charge on any atom is -0.455 e. The average Bonchev–Trinajstić information content (AvgIpc) is 2.39. The normalized spacial score (nSPS) is 11.7. The molecule has 0 aromatic heterocycles. The van der Waals surface area contributed by atoms with Gasteiger partial charge in [0.1, 0.15) is 0 Å². The van der Waals surface area contributed by atoms with E-state index in [1.807, 2.05) is 25.1 Å². The Labute approximate surface area is 121 Å². The number of nitrogens with one attached hydrogen (secondary N) is 1. The Balaban J connectivity index is 2.40. The van der Waals surface area contributed by atoms with Crippen LogP contribution in [-0.4, -0.2) is 18.5 Å². The molecule has 4 nitrogen and oxygen atoms in total. The monoisotopic (exact) mass is 327 g/mol. The van der Waals surface area contributed by atoms with Crippen molar-refractivity contribution in [3.05, 3.63) is 28.7 Å². The van der Waals surface area contributed by atoms with Crippen molar-refractivity contribution in [1.29, 1.82) is 0 Å². The summed E-state index contributed by atoms with van der Waals surface area (Å²) in [5.41, 5.74) is 0.658. The molecule has 1 aromatic carbocycles. The Morgan fingerprint density at radius 1 is 1.37 bits per heavy atom. The molecule has 0 aliphatic heterocycles. The topological polar surface area (TPSA) is 55.4 Å². The Morgan fingerprint density at radius 3 is 2.68 bits per heavy atom. The lowest BCUT2D eigenvalue weighted by molar-refractivity contribution is -0.151. The van der Waals surface area contributed by atoms with Gasteiger partial charge < -0.3 is 10.1 Å². The second-order valence-electron chi connectivity index (χ2n) is 4.33. The fraction of sp³-hybridized carbons (Fsp3) is 0.429. The number of ether oxygens (including phenoxy) is 1. The summed E-state index contributed by atoms with van der Waals surface area (Å²) in [5, 5.41) is 2.67. The van der Waals surface area contributed by atoms with Crippen LogP contribution >= 0.6 is 15.9 Å². The first-order valence-corrected chi connectivity index (χ1v) is 7.05. The Bertz CT molecular complexity index is 448. The maximum Gasteiger partial charge on any atom is 0.309 e. The van der Waals surface area contributed by atoms with Crippen molar-refractivity contribution in [2.45, 2.75) is 26.7 Å². The standard InChI is InChI=1S/C14H18BrNO3/c1-3-6-10(2)14(18)19-9-13(17)16-12-8-5-4-7-11(12)15/h4-5,7-8,10H,3,6,9H2,1-2H3,(H,16,17)/t10-/m0/s1. The molecule has 0 radical (unpaired) electrons. The van der Waals surface area contributed by atoms with Gasteiger partial charge in [0, 0.05) is 4.47 Å². The molecule has 0 fully saturated rings. The van der Waals surface area contributed by atoms with Crippen molar-refractivity contribution >= 4 is 33.5 Å². The van der Waals surface area contributed by atoms with Crippen LogP contribution < -0.4 is 5.32 Å². The summed E-state index contributed by atoms with van der Waals surface area (Å²) in [6.45, 7) is 3.55. The van der Waals surface area contributed by atoms with Gasteiger partial charge in [0.25, 0.3) is 5.91 Å². The van der Waals surface area contributed by atoms with E-state index in [2.05, 4.69) is 21.2 Å². The van der Waals surface area contributed by atoms with Gasteiger partial charge in [0.2, 0.25) is 0 Å². The molecule has 0 saturated heterocycles. The predicted molar refractivity (Wildman–Crippen MR) is 77.8 cm³/mol. The number of amides is 1. The molecule has 0 aliphatic rings. The number of hydrogen-bond donors (Lipinski definition) is 1. The Morgan fingerprint density at radius 2 is 2.05 bits per heavy atom. The zero-order valence-electron chi connectivity index (χ0n) is 11.1. The zero-order chi connectivity index (χ0) is 14.3. The van der Waals surface area contributed by atoms with Gasteiger partial charge in [-0.1, -0.05) is 32.4 Å². The third-order valence-electron chi connectivity index (χ3n) is 2.62. The fourth-order valence-electron chi connectivity index (χ4n) is 1.58. The Hall–Kier alpha value is -1.36. The molecule has 0 heterocycles. The van der Waals surface area contributed by atoms with E-state index in [-0.39, 0.29) is 24.4 Å². The minimum atomic E-state index is -0.344. The van der Waals surface area contributed by atoms with E-state index in [4.69, 9.17) is 4.74 Å². The molecule has 5 heteroatoms. The van der Waals surface area contributed by atoms with E-state index in [9.17, 15) is 9.59 Å². The lowest BCUT2D eigenvalue weighted by atomic mass is 10.1. The molecular formula is C14H18BrNO3. The van der Waals surface area contributed by atoms with Crippen molar-refractivity contribution in [2.24, 2.45) is 5.92 Å². The van der Waals surface area contributed by atoms with E-state index < -0.39 is 0 Å². The molecule has 0 bridgehead atoms. The van der Waals surface area contributed by atoms with Gasteiger partial charge in [-0.2, -0.15) is 0 Å². The summed E-state index contributed by atoms with van der Waals surface area (Å²) in [7, 11) is 0. The highest BCUT2D eigenvalue weighted by Crippen LogP contribution is 2.20. The van der Waals surface area contributed by atoms with Crippen LogP contribution in [0.1, 0.15) is 26.7 Å². The Kier molecular flexibility index (Phi) is 6.56. The summed E-state index contributed by atoms with van der Waals surface area (Å²) in [4.78, 5) is 23.2. The van der Waals surface area contributed by atoms with Gasteiger partial charge >= 0.3 is 5.97 Å². The first-order chi connectivity index (χ1) is 9.04. The number of benzene rings is 1.